The Bertz CT molecular complexity index is 278. The van der Waals surface area contributed by atoms with Crippen molar-refractivity contribution < 1.29 is 14.7 Å². The summed E-state index contributed by atoms with van der Waals surface area (Å²) in [6, 6.07) is 0. The van der Waals surface area contributed by atoms with Crippen molar-refractivity contribution in [3.63, 3.8) is 0 Å². The zero-order valence-corrected chi connectivity index (χ0v) is 13.2. The van der Waals surface area contributed by atoms with E-state index in [9.17, 15) is 9.59 Å². The molecule has 5 heteroatoms. The van der Waals surface area contributed by atoms with Gasteiger partial charge in [-0.2, -0.15) is 0 Å². The highest BCUT2D eigenvalue weighted by molar-refractivity contribution is 5.76. The van der Waals surface area contributed by atoms with E-state index in [1.165, 1.54) is 0 Å². The zero-order valence-electron chi connectivity index (χ0n) is 13.2. The highest BCUT2D eigenvalue weighted by Crippen LogP contribution is 2.05. The van der Waals surface area contributed by atoms with Crippen molar-refractivity contribution in [3.8, 4) is 0 Å². The molecule has 0 aliphatic heterocycles. The summed E-state index contributed by atoms with van der Waals surface area (Å²) in [5.74, 6) is -0.638. The lowest BCUT2D eigenvalue weighted by Crippen LogP contribution is -2.34. The van der Waals surface area contributed by atoms with Crippen molar-refractivity contribution in [1.29, 1.82) is 0 Å². The van der Waals surface area contributed by atoms with Crippen LogP contribution in [-0.4, -0.2) is 59.5 Å². The van der Waals surface area contributed by atoms with Crippen molar-refractivity contribution >= 4 is 11.9 Å². The summed E-state index contributed by atoms with van der Waals surface area (Å²) >= 11 is 0. The summed E-state index contributed by atoms with van der Waals surface area (Å²) in [6.45, 7) is 10.9. The van der Waals surface area contributed by atoms with Crippen LogP contribution in [0.15, 0.2) is 0 Å². The monoisotopic (exact) mass is 286 g/mol. The van der Waals surface area contributed by atoms with Crippen molar-refractivity contribution in [3.05, 3.63) is 0 Å². The molecule has 20 heavy (non-hydrogen) atoms. The van der Waals surface area contributed by atoms with Crippen LogP contribution in [0.25, 0.3) is 0 Å². The van der Waals surface area contributed by atoms with E-state index < -0.39 is 5.97 Å². The molecule has 0 aliphatic carbocycles. The Balaban J connectivity index is 3.87. The predicted molar refractivity (Wildman–Crippen MR) is 80.8 cm³/mol. The molecule has 0 aromatic heterocycles. The first kappa shape index (κ1) is 18.9. The van der Waals surface area contributed by atoms with Gasteiger partial charge in [0.15, 0.2) is 0 Å². The summed E-state index contributed by atoms with van der Waals surface area (Å²) in [4.78, 5) is 26.6. The number of rotatable bonds is 12. The number of carbonyl (C=O) groups excluding carboxylic acids is 1. The van der Waals surface area contributed by atoms with Gasteiger partial charge in [0.1, 0.15) is 0 Å². The van der Waals surface area contributed by atoms with Gasteiger partial charge in [-0.3, -0.25) is 9.59 Å². The molecule has 0 bridgehead atoms. The summed E-state index contributed by atoms with van der Waals surface area (Å²) in [5, 5.41) is 8.55. The molecule has 0 rings (SSSR count). The lowest BCUT2D eigenvalue weighted by molar-refractivity contribution is -0.137. The van der Waals surface area contributed by atoms with Crippen molar-refractivity contribution in [2.45, 2.75) is 52.9 Å². The minimum atomic E-state index is -0.788. The molecule has 0 radical (unpaired) electrons. The van der Waals surface area contributed by atoms with Crippen LogP contribution in [0.4, 0.5) is 0 Å². The second kappa shape index (κ2) is 11.7. The van der Waals surface area contributed by atoms with Crippen molar-refractivity contribution in [2.24, 2.45) is 0 Å². The van der Waals surface area contributed by atoms with Crippen molar-refractivity contribution in [1.82, 2.24) is 9.80 Å². The van der Waals surface area contributed by atoms with Crippen LogP contribution in [0.3, 0.4) is 0 Å². The molecule has 0 saturated heterocycles. The number of unbranched alkanes of at least 4 members (excludes halogenated alkanes) is 1. The van der Waals surface area contributed by atoms with E-state index in [1.54, 1.807) is 0 Å². The molecular weight excluding hydrogens is 256 g/mol. The normalized spacial score (nSPS) is 10.8. The number of carboxylic acids is 1. The van der Waals surface area contributed by atoms with E-state index in [-0.39, 0.29) is 12.3 Å². The van der Waals surface area contributed by atoms with E-state index in [0.717, 1.165) is 39.1 Å². The van der Waals surface area contributed by atoms with Crippen LogP contribution in [0.5, 0.6) is 0 Å². The van der Waals surface area contributed by atoms with Gasteiger partial charge in [0.2, 0.25) is 5.91 Å². The Morgan fingerprint density at radius 1 is 0.850 bits per heavy atom. The first-order valence-corrected chi connectivity index (χ1v) is 7.77. The fourth-order valence-electron chi connectivity index (χ4n) is 2.19. The number of aliphatic carboxylic acids is 1. The maximum absolute atomic E-state index is 12.0. The molecule has 0 aromatic rings. The van der Waals surface area contributed by atoms with Crippen molar-refractivity contribution in [2.75, 3.05) is 32.7 Å². The predicted octanol–water partition coefficient (Wildman–Crippen LogP) is 2.21. The standard InChI is InChI=1S/C15H30N2O3/c1-4-16(5-2)12-9-13-17(6-3)14(18)10-7-8-11-15(19)20/h4-13H2,1-3H3,(H,19,20). The molecule has 0 fully saturated rings. The first-order valence-electron chi connectivity index (χ1n) is 7.77. The largest absolute Gasteiger partial charge is 0.481 e. The average molecular weight is 286 g/mol. The van der Waals surface area contributed by atoms with Gasteiger partial charge in [-0.05, 0) is 45.8 Å². The summed E-state index contributed by atoms with van der Waals surface area (Å²) in [7, 11) is 0. The molecule has 1 amide bonds. The van der Waals surface area contributed by atoms with Crippen LogP contribution in [0, 0.1) is 0 Å². The number of carboxylic acid groups (broad SMARTS) is 1. The third-order valence-electron chi connectivity index (χ3n) is 3.56. The molecule has 0 spiro atoms. The Morgan fingerprint density at radius 3 is 1.95 bits per heavy atom. The van der Waals surface area contributed by atoms with Gasteiger partial charge >= 0.3 is 5.97 Å². The van der Waals surface area contributed by atoms with Gasteiger partial charge < -0.3 is 14.9 Å². The molecule has 0 aliphatic rings. The van der Waals surface area contributed by atoms with Gasteiger partial charge in [-0.1, -0.05) is 13.8 Å². The van der Waals surface area contributed by atoms with Crippen LogP contribution < -0.4 is 0 Å². The molecule has 0 saturated carbocycles. The SMILES string of the molecule is CCN(CC)CCCN(CC)C(=O)CCCCC(=O)O. The third kappa shape index (κ3) is 8.91. The first-order chi connectivity index (χ1) is 9.54. The van der Waals surface area contributed by atoms with E-state index in [0.29, 0.717) is 19.3 Å². The summed E-state index contributed by atoms with van der Waals surface area (Å²) < 4.78 is 0. The molecule has 0 heterocycles. The number of hydrogen-bond acceptors (Lipinski definition) is 3. The smallest absolute Gasteiger partial charge is 0.303 e. The fraction of sp³-hybridized carbons (Fsp3) is 0.867. The van der Waals surface area contributed by atoms with Crippen LogP contribution in [0.1, 0.15) is 52.9 Å². The van der Waals surface area contributed by atoms with Gasteiger partial charge in [0.25, 0.3) is 0 Å². The Kier molecular flexibility index (Phi) is 11.1. The van der Waals surface area contributed by atoms with Crippen LogP contribution in [0.2, 0.25) is 0 Å². The summed E-state index contributed by atoms with van der Waals surface area (Å²) in [5.41, 5.74) is 0. The molecule has 5 nitrogen and oxygen atoms in total. The van der Waals surface area contributed by atoms with E-state index in [4.69, 9.17) is 5.11 Å². The second-order valence-corrected chi connectivity index (χ2v) is 4.95. The molecule has 118 valence electrons. The maximum Gasteiger partial charge on any atom is 0.303 e. The fourth-order valence-corrected chi connectivity index (χ4v) is 2.19. The molecule has 0 aromatic carbocycles. The van der Waals surface area contributed by atoms with Gasteiger partial charge in [-0.25, -0.2) is 0 Å². The van der Waals surface area contributed by atoms with Gasteiger partial charge in [0, 0.05) is 25.9 Å². The number of amides is 1. The molecule has 0 atom stereocenters. The maximum atomic E-state index is 12.0. The summed E-state index contributed by atoms with van der Waals surface area (Å²) in [6.07, 6.45) is 2.86. The van der Waals surface area contributed by atoms with Crippen LogP contribution >= 0.6 is 0 Å². The molecule has 0 unspecified atom stereocenters. The molecular formula is C15H30N2O3. The number of hydrogen-bond donors (Lipinski definition) is 1. The minimum absolute atomic E-state index is 0.150. The lowest BCUT2D eigenvalue weighted by atomic mass is 10.1. The minimum Gasteiger partial charge on any atom is -0.481 e. The lowest BCUT2D eigenvalue weighted by Gasteiger charge is -2.23. The van der Waals surface area contributed by atoms with E-state index in [2.05, 4.69) is 18.7 Å². The third-order valence-corrected chi connectivity index (χ3v) is 3.56. The Hall–Kier alpha value is -1.10. The number of carbonyl (C=O) groups is 2. The molecule has 1 N–H and O–H groups in total. The van der Waals surface area contributed by atoms with Gasteiger partial charge in [-0.15, -0.1) is 0 Å². The van der Waals surface area contributed by atoms with E-state index >= 15 is 0 Å². The van der Waals surface area contributed by atoms with Gasteiger partial charge in [0.05, 0.1) is 0 Å². The van der Waals surface area contributed by atoms with E-state index in [1.807, 2.05) is 11.8 Å². The highest BCUT2D eigenvalue weighted by atomic mass is 16.4. The topological polar surface area (TPSA) is 60.9 Å². The zero-order chi connectivity index (χ0) is 15.4. The Morgan fingerprint density at radius 2 is 1.45 bits per heavy atom. The number of nitrogens with zero attached hydrogens (tertiary/aromatic N) is 2. The Labute approximate surface area is 122 Å². The highest BCUT2D eigenvalue weighted by Gasteiger charge is 2.11. The van der Waals surface area contributed by atoms with Crippen LogP contribution in [-0.2, 0) is 9.59 Å². The quantitative estimate of drug-likeness (QED) is 0.559. The second-order valence-electron chi connectivity index (χ2n) is 4.95. The average Bonchev–Trinajstić information content (AvgIpc) is 2.43.